The van der Waals surface area contributed by atoms with Gasteiger partial charge in [0.1, 0.15) is 0 Å². The summed E-state index contributed by atoms with van der Waals surface area (Å²) in [5.41, 5.74) is 0. The summed E-state index contributed by atoms with van der Waals surface area (Å²) < 4.78 is 33.6. The van der Waals surface area contributed by atoms with E-state index in [1.807, 2.05) is 0 Å². The zero-order valence-electron chi connectivity index (χ0n) is 13.8. The third-order valence-electron chi connectivity index (χ3n) is 4.29. The number of rotatable bonds is 2. The molecule has 0 atom stereocenters. The first-order valence-corrected chi connectivity index (χ1v) is 9.52. The van der Waals surface area contributed by atoms with Gasteiger partial charge in [-0.25, -0.2) is 18.2 Å². The van der Waals surface area contributed by atoms with Crippen molar-refractivity contribution in [2.75, 3.05) is 52.5 Å². The van der Waals surface area contributed by atoms with Gasteiger partial charge in [0.05, 0.1) is 19.5 Å². The fraction of sp³-hybridized carbons (Fsp3) is 0.714. The lowest BCUT2D eigenvalue weighted by molar-refractivity contribution is 0.0437. The van der Waals surface area contributed by atoms with Crippen molar-refractivity contribution >= 4 is 16.1 Å². The van der Waals surface area contributed by atoms with E-state index in [1.165, 1.54) is 16.8 Å². The number of amides is 2. The van der Waals surface area contributed by atoms with Crippen molar-refractivity contribution in [3.05, 3.63) is 12.5 Å². The number of carbonyl (C=O) groups excluding carboxylic acids is 1. The van der Waals surface area contributed by atoms with Crippen LogP contribution in [0.3, 0.4) is 0 Å². The molecule has 0 unspecified atom stereocenters. The van der Waals surface area contributed by atoms with Crippen LogP contribution in [0.5, 0.6) is 0 Å². The van der Waals surface area contributed by atoms with Gasteiger partial charge in [-0.3, -0.25) is 0 Å². The molecule has 2 fully saturated rings. The summed E-state index contributed by atoms with van der Waals surface area (Å²) in [5.74, 6) is 0. The average molecular weight is 357 g/mol. The Morgan fingerprint density at radius 3 is 2.46 bits per heavy atom. The van der Waals surface area contributed by atoms with E-state index in [4.69, 9.17) is 4.74 Å². The maximum absolute atomic E-state index is 12.7. The molecule has 24 heavy (non-hydrogen) atoms. The van der Waals surface area contributed by atoms with Gasteiger partial charge < -0.3 is 19.1 Å². The number of carbonyl (C=O) groups is 1. The number of urea groups is 1. The van der Waals surface area contributed by atoms with E-state index in [1.54, 1.807) is 21.4 Å². The normalized spacial score (nSPS) is 20.9. The minimum atomic E-state index is -3.61. The third kappa shape index (κ3) is 3.55. The van der Waals surface area contributed by atoms with E-state index in [0.29, 0.717) is 52.4 Å². The number of sulfonamides is 1. The van der Waals surface area contributed by atoms with Crippen molar-refractivity contribution in [3.63, 3.8) is 0 Å². The van der Waals surface area contributed by atoms with Crippen molar-refractivity contribution < 1.29 is 17.9 Å². The van der Waals surface area contributed by atoms with Crippen LogP contribution in [0.2, 0.25) is 0 Å². The Morgan fingerprint density at radius 1 is 1.08 bits per heavy atom. The maximum atomic E-state index is 12.7. The van der Waals surface area contributed by atoms with Gasteiger partial charge in [-0.15, -0.1) is 0 Å². The van der Waals surface area contributed by atoms with Crippen molar-refractivity contribution in [2.24, 2.45) is 7.05 Å². The fourth-order valence-electron chi connectivity index (χ4n) is 2.93. The Hall–Kier alpha value is -1.65. The first-order chi connectivity index (χ1) is 11.5. The SMILES string of the molecule is Cn1cnc(S(=O)(=O)N2CCCN(C(=O)N3CCOCC3)CC2)c1. The number of aromatic nitrogens is 2. The van der Waals surface area contributed by atoms with Gasteiger partial charge in [0.2, 0.25) is 0 Å². The molecule has 2 amide bonds. The van der Waals surface area contributed by atoms with Gasteiger partial charge in [-0.1, -0.05) is 0 Å². The first-order valence-electron chi connectivity index (χ1n) is 8.08. The summed E-state index contributed by atoms with van der Waals surface area (Å²) in [6.45, 7) is 3.92. The van der Waals surface area contributed by atoms with Crippen molar-refractivity contribution in [1.82, 2.24) is 23.7 Å². The van der Waals surface area contributed by atoms with Crippen molar-refractivity contribution in [1.29, 1.82) is 0 Å². The second kappa shape index (κ2) is 7.08. The number of nitrogens with zero attached hydrogens (tertiary/aromatic N) is 5. The lowest BCUT2D eigenvalue weighted by Gasteiger charge is -2.32. The van der Waals surface area contributed by atoms with Crippen LogP contribution in [-0.2, 0) is 21.8 Å². The second-order valence-corrected chi connectivity index (χ2v) is 7.89. The molecule has 0 aromatic carbocycles. The van der Waals surface area contributed by atoms with Crippen molar-refractivity contribution in [2.45, 2.75) is 11.4 Å². The summed E-state index contributed by atoms with van der Waals surface area (Å²) in [6, 6.07) is -0.0321. The van der Waals surface area contributed by atoms with Gasteiger partial charge in [0.25, 0.3) is 10.0 Å². The van der Waals surface area contributed by atoms with Gasteiger partial charge in [0, 0.05) is 52.5 Å². The lowest BCUT2D eigenvalue weighted by Crippen LogP contribution is -2.49. The van der Waals surface area contributed by atoms with Gasteiger partial charge in [-0.05, 0) is 6.42 Å². The van der Waals surface area contributed by atoms with Crippen LogP contribution in [0, 0.1) is 0 Å². The molecule has 1 aromatic rings. The molecular formula is C14H23N5O4S. The van der Waals surface area contributed by atoms with E-state index < -0.39 is 10.0 Å². The van der Waals surface area contributed by atoms with Crippen LogP contribution >= 0.6 is 0 Å². The van der Waals surface area contributed by atoms with Crippen LogP contribution in [-0.4, -0.2) is 90.6 Å². The Labute approximate surface area is 141 Å². The number of imidazole rings is 1. The second-order valence-electron chi connectivity index (χ2n) is 6.00. The Kier molecular flexibility index (Phi) is 5.07. The zero-order valence-corrected chi connectivity index (χ0v) is 14.6. The maximum Gasteiger partial charge on any atom is 0.320 e. The molecule has 3 rings (SSSR count). The predicted molar refractivity (Wildman–Crippen MR) is 85.9 cm³/mol. The summed E-state index contributed by atoms with van der Waals surface area (Å²) in [5, 5.41) is 0.0537. The zero-order chi connectivity index (χ0) is 17.2. The van der Waals surface area contributed by atoms with E-state index in [2.05, 4.69) is 4.98 Å². The molecule has 3 heterocycles. The molecule has 0 bridgehead atoms. The van der Waals surface area contributed by atoms with Crippen LogP contribution in [0.4, 0.5) is 4.79 Å². The van der Waals surface area contributed by atoms with Crippen LogP contribution < -0.4 is 0 Å². The highest BCUT2D eigenvalue weighted by Gasteiger charge is 2.31. The predicted octanol–water partition coefficient (Wildman–Crippen LogP) is -0.431. The molecular weight excluding hydrogens is 334 g/mol. The molecule has 9 nitrogen and oxygen atoms in total. The highest BCUT2D eigenvalue weighted by molar-refractivity contribution is 7.89. The fourth-order valence-corrected chi connectivity index (χ4v) is 4.37. The highest BCUT2D eigenvalue weighted by atomic mass is 32.2. The third-order valence-corrected chi connectivity index (χ3v) is 6.08. The molecule has 0 N–H and O–H groups in total. The van der Waals surface area contributed by atoms with E-state index in [9.17, 15) is 13.2 Å². The molecule has 2 saturated heterocycles. The molecule has 134 valence electrons. The molecule has 2 aliphatic heterocycles. The van der Waals surface area contributed by atoms with Crippen LogP contribution in [0.1, 0.15) is 6.42 Å². The Balaban J connectivity index is 1.65. The van der Waals surface area contributed by atoms with Gasteiger partial charge in [-0.2, -0.15) is 4.31 Å². The highest BCUT2D eigenvalue weighted by Crippen LogP contribution is 2.16. The molecule has 10 heteroatoms. The van der Waals surface area contributed by atoms with Gasteiger partial charge in [0.15, 0.2) is 5.03 Å². The number of aryl methyl sites for hydroxylation is 1. The number of morpholine rings is 1. The monoisotopic (exact) mass is 357 g/mol. The summed E-state index contributed by atoms with van der Waals surface area (Å²) in [6.07, 6.45) is 3.58. The van der Waals surface area contributed by atoms with Crippen molar-refractivity contribution in [3.8, 4) is 0 Å². The average Bonchev–Trinajstić information content (AvgIpc) is 2.88. The topological polar surface area (TPSA) is 88.0 Å². The van der Waals surface area contributed by atoms with Crippen LogP contribution in [0.25, 0.3) is 0 Å². The van der Waals surface area contributed by atoms with E-state index >= 15 is 0 Å². The molecule has 0 saturated carbocycles. The van der Waals surface area contributed by atoms with Gasteiger partial charge >= 0.3 is 6.03 Å². The minimum absolute atomic E-state index is 0.0321. The van der Waals surface area contributed by atoms with Crippen LogP contribution in [0.15, 0.2) is 17.6 Å². The smallest absolute Gasteiger partial charge is 0.320 e. The number of hydrogen-bond acceptors (Lipinski definition) is 5. The molecule has 0 radical (unpaired) electrons. The summed E-state index contributed by atoms with van der Waals surface area (Å²) >= 11 is 0. The Bertz CT molecular complexity index is 683. The minimum Gasteiger partial charge on any atom is -0.378 e. The molecule has 2 aliphatic rings. The largest absolute Gasteiger partial charge is 0.378 e. The van der Waals surface area contributed by atoms with E-state index in [0.717, 1.165) is 0 Å². The standard InChI is InChI=1S/C14H23N5O4S/c1-16-11-13(15-12-16)24(21,22)19-4-2-3-17(5-6-19)14(20)18-7-9-23-10-8-18/h11-12H,2-10H2,1H3. The number of hydrogen-bond donors (Lipinski definition) is 0. The first kappa shape index (κ1) is 17.2. The molecule has 0 aliphatic carbocycles. The quantitative estimate of drug-likeness (QED) is 0.717. The Morgan fingerprint density at radius 2 is 1.79 bits per heavy atom. The van der Waals surface area contributed by atoms with E-state index in [-0.39, 0.29) is 17.6 Å². The molecule has 1 aromatic heterocycles. The lowest BCUT2D eigenvalue weighted by atomic mass is 10.4. The summed E-state index contributed by atoms with van der Waals surface area (Å²) in [7, 11) is -1.88. The molecule has 0 spiro atoms. The number of ether oxygens (including phenoxy) is 1. The summed E-state index contributed by atoms with van der Waals surface area (Å²) in [4.78, 5) is 20.0.